The molecule has 1 aromatic carbocycles. The molecule has 7 heteroatoms. The lowest BCUT2D eigenvalue weighted by atomic mass is 10.1. The largest absolute Gasteiger partial charge is 0.593 e. The second-order valence-corrected chi connectivity index (χ2v) is 4.74. The Hall–Kier alpha value is -0.970. The van der Waals surface area contributed by atoms with Crippen molar-refractivity contribution < 1.29 is 27.7 Å². The van der Waals surface area contributed by atoms with Crippen molar-refractivity contribution in [3.63, 3.8) is 0 Å². The summed E-state index contributed by atoms with van der Waals surface area (Å²) >= 11 is 0. The molecule has 0 bridgehead atoms. The van der Waals surface area contributed by atoms with Gasteiger partial charge in [-0.3, -0.25) is 0 Å². The quantitative estimate of drug-likeness (QED) is 0.818. The molecule has 0 heterocycles. The molecule has 0 saturated heterocycles. The third-order valence-corrected chi connectivity index (χ3v) is 3.08. The van der Waals surface area contributed by atoms with Crippen LogP contribution in [-0.2, 0) is 16.1 Å². The van der Waals surface area contributed by atoms with E-state index >= 15 is 0 Å². The second-order valence-electron chi connectivity index (χ2n) is 3.35. The van der Waals surface area contributed by atoms with E-state index in [1.165, 1.54) is 0 Å². The number of aliphatic hydroxyl groups is 1. The first-order valence-corrected chi connectivity index (χ1v) is 5.38. The van der Waals surface area contributed by atoms with Gasteiger partial charge in [0.1, 0.15) is 0 Å². The van der Waals surface area contributed by atoms with Crippen molar-refractivity contribution >= 4 is 8.03 Å². The smallest absolute Gasteiger partial charge is 0.416 e. The highest BCUT2D eigenvalue weighted by molar-refractivity contribution is 7.37. The van der Waals surface area contributed by atoms with Crippen molar-refractivity contribution in [2.24, 2.45) is 0 Å². The molecular weight excluding hydrogens is 244 g/mol. The van der Waals surface area contributed by atoms with E-state index in [4.69, 9.17) is 0 Å². The van der Waals surface area contributed by atoms with Gasteiger partial charge in [0.15, 0.2) is 0 Å². The molecule has 2 unspecified atom stereocenters. The average Bonchev–Trinajstić information content (AvgIpc) is 2.16. The molecule has 1 aromatic rings. The highest BCUT2D eigenvalue weighted by Crippen LogP contribution is 2.39. The summed E-state index contributed by atoms with van der Waals surface area (Å²) in [5.41, 5.74) is -0.996. The van der Waals surface area contributed by atoms with E-state index in [0.29, 0.717) is 0 Å². The summed E-state index contributed by atoms with van der Waals surface area (Å²) in [6.45, 7) is 1.00. The van der Waals surface area contributed by atoms with E-state index in [1.54, 1.807) is 0 Å². The first-order valence-electron chi connectivity index (χ1n) is 4.20. The van der Waals surface area contributed by atoms with Crippen LogP contribution in [0.4, 0.5) is 13.2 Å². The number of hydrogen-bond acceptors (Lipinski definition) is 3. The molecule has 0 aliphatic heterocycles. The first-order chi connectivity index (χ1) is 7.15. The van der Waals surface area contributed by atoms with Crippen LogP contribution in [0.3, 0.4) is 0 Å². The maximum Gasteiger partial charge on any atom is 0.416 e. The van der Waals surface area contributed by atoms with Crippen molar-refractivity contribution in [1.82, 2.24) is 0 Å². The molecule has 88 valence electrons. The SMILES string of the molecule is CC(O)(c1ccc(C(F)(F)F)cc1)[P+](=O)[O-]. The minimum atomic E-state index is -4.48. The summed E-state index contributed by atoms with van der Waals surface area (Å²) in [6.07, 6.45) is -4.48. The molecule has 16 heavy (non-hydrogen) atoms. The first kappa shape index (κ1) is 13.1. The topological polar surface area (TPSA) is 60.4 Å². The molecular formula is C9H8F3O3P. The number of hydrogen-bond donors (Lipinski definition) is 1. The molecule has 0 saturated carbocycles. The molecule has 0 amide bonds. The minimum Gasteiger partial charge on any atom is -0.593 e. The fourth-order valence-electron chi connectivity index (χ4n) is 1.08. The van der Waals surface area contributed by atoms with E-state index in [2.05, 4.69) is 0 Å². The molecule has 0 aromatic heterocycles. The monoisotopic (exact) mass is 252 g/mol. The van der Waals surface area contributed by atoms with Gasteiger partial charge in [0.05, 0.1) is 5.56 Å². The maximum absolute atomic E-state index is 12.2. The van der Waals surface area contributed by atoms with Crippen LogP contribution in [0.25, 0.3) is 0 Å². The fraction of sp³-hybridized carbons (Fsp3) is 0.333. The van der Waals surface area contributed by atoms with Gasteiger partial charge in [-0.05, 0) is 12.1 Å². The Bertz CT molecular complexity index is 397. The molecule has 1 N–H and O–H groups in total. The van der Waals surface area contributed by atoms with E-state index in [0.717, 1.165) is 31.2 Å². The second kappa shape index (κ2) is 4.13. The van der Waals surface area contributed by atoms with E-state index in [-0.39, 0.29) is 5.56 Å². The van der Waals surface area contributed by atoms with Crippen LogP contribution in [-0.4, -0.2) is 5.11 Å². The fourth-order valence-corrected chi connectivity index (χ4v) is 1.44. The molecule has 0 fully saturated rings. The molecule has 0 aliphatic rings. The van der Waals surface area contributed by atoms with E-state index < -0.39 is 25.1 Å². The summed E-state index contributed by atoms with van der Waals surface area (Å²) in [7, 11) is -3.18. The molecule has 3 nitrogen and oxygen atoms in total. The zero-order chi connectivity index (χ0) is 12.6. The summed E-state index contributed by atoms with van der Waals surface area (Å²) in [5.74, 6) is 0. The van der Waals surface area contributed by atoms with Crippen molar-refractivity contribution in [3.8, 4) is 0 Å². The molecule has 0 radical (unpaired) electrons. The van der Waals surface area contributed by atoms with Crippen LogP contribution in [0.5, 0.6) is 0 Å². The van der Waals surface area contributed by atoms with Gasteiger partial charge in [0.2, 0.25) is 0 Å². The lowest BCUT2D eigenvalue weighted by Crippen LogP contribution is -2.20. The number of benzene rings is 1. The Labute approximate surface area is 90.4 Å². The van der Waals surface area contributed by atoms with Crippen molar-refractivity contribution in [2.75, 3.05) is 0 Å². The maximum atomic E-state index is 12.2. The summed E-state index contributed by atoms with van der Waals surface area (Å²) in [6, 6.07) is 3.33. The third kappa shape index (κ3) is 2.58. The minimum absolute atomic E-state index is 0.100. The Morgan fingerprint density at radius 2 is 1.56 bits per heavy atom. The van der Waals surface area contributed by atoms with Crippen LogP contribution in [0, 0.1) is 0 Å². The highest BCUT2D eigenvalue weighted by Gasteiger charge is 2.38. The predicted octanol–water partition coefficient (Wildman–Crippen LogP) is 1.97. The standard InChI is InChI=1S/C9H8F3O3P/c1-8(13,16(14)15)6-2-4-7(5-3-6)9(10,11)12/h2-5,13H,1H3. The molecule has 1 rings (SSSR count). The lowest BCUT2D eigenvalue weighted by Gasteiger charge is -2.15. The third-order valence-electron chi connectivity index (χ3n) is 2.11. The number of alkyl halides is 3. The normalized spacial score (nSPS) is 16.8. The van der Waals surface area contributed by atoms with Gasteiger partial charge < -0.3 is 10.00 Å². The Balaban J connectivity index is 3.09. The van der Waals surface area contributed by atoms with Gasteiger partial charge >= 0.3 is 14.2 Å². The number of halogens is 3. The highest BCUT2D eigenvalue weighted by atomic mass is 31.1. The Morgan fingerprint density at radius 3 is 1.88 bits per heavy atom. The van der Waals surface area contributed by atoms with Gasteiger partial charge in [-0.1, -0.05) is 16.7 Å². The van der Waals surface area contributed by atoms with Gasteiger partial charge in [-0.2, -0.15) is 13.2 Å². The molecule has 0 aliphatic carbocycles. The van der Waals surface area contributed by atoms with Crippen LogP contribution in [0.15, 0.2) is 24.3 Å². The average molecular weight is 252 g/mol. The van der Waals surface area contributed by atoms with Gasteiger partial charge in [-0.25, -0.2) is 0 Å². The van der Waals surface area contributed by atoms with Gasteiger partial charge in [0.25, 0.3) is 5.34 Å². The zero-order valence-corrected chi connectivity index (χ0v) is 9.05. The van der Waals surface area contributed by atoms with E-state index in [1.807, 2.05) is 0 Å². The van der Waals surface area contributed by atoms with Gasteiger partial charge in [0, 0.05) is 12.5 Å². The molecule has 2 atom stereocenters. The van der Waals surface area contributed by atoms with Crippen molar-refractivity contribution in [2.45, 2.75) is 18.4 Å². The Kier molecular flexibility index (Phi) is 3.38. The summed E-state index contributed by atoms with van der Waals surface area (Å²) in [5, 5.41) is 7.33. The van der Waals surface area contributed by atoms with E-state index in [9.17, 15) is 27.7 Å². The van der Waals surface area contributed by atoms with Crippen molar-refractivity contribution in [1.29, 1.82) is 0 Å². The van der Waals surface area contributed by atoms with Crippen LogP contribution >= 0.6 is 8.03 Å². The van der Waals surface area contributed by atoms with Crippen LogP contribution in [0.2, 0.25) is 0 Å². The summed E-state index contributed by atoms with van der Waals surface area (Å²) < 4.78 is 47.2. The predicted molar refractivity (Wildman–Crippen MR) is 48.6 cm³/mol. The lowest BCUT2D eigenvalue weighted by molar-refractivity contribution is -0.179. The van der Waals surface area contributed by atoms with Crippen LogP contribution < -0.4 is 4.89 Å². The van der Waals surface area contributed by atoms with Crippen molar-refractivity contribution in [3.05, 3.63) is 35.4 Å². The van der Waals surface area contributed by atoms with Crippen LogP contribution in [0.1, 0.15) is 18.1 Å². The number of rotatable bonds is 2. The summed E-state index contributed by atoms with van der Waals surface area (Å²) in [4.78, 5) is 10.7. The van der Waals surface area contributed by atoms with Gasteiger partial charge in [-0.15, -0.1) is 0 Å². The Morgan fingerprint density at radius 1 is 1.19 bits per heavy atom. The molecule has 0 spiro atoms. The zero-order valence-electron chi connectivity index (χ0n) is 8.15.